The summed E-state index contributed by atoms with van der Waals surface area (Å²) in [5.41, 5.74) is 6.86. The number of ether oxygens (including phenoxy) is 3. The number of hydrogen-bond donors (Lipinski definition) is 8. The Kier molecular flexibility index (Phi) is 15.5. The average Bonchev–Trinajstić information content (AvgIpc) is 3.42. The number of nitrogens with one attached hydrogen (secondary N) is 2. The SMILES string of the molecule is CCOCc1nc2c(NC(=O)OCc3ccc(O)c(NC(=O)CCN)c3)nc3ccccc3c2n1CC(C)(C)O.O=CO.OC1COCC(O)C1. The van der Waals surface area contributed by atoms with Crippen LogP contribution >= 0.6 is 0 Å². The quantitative estimate of drug-likeness (QED) is 0.0820. The minimum atomic E-state index is -1.04. The maximum absolute atomic E-state index is 12.9. The maximum atomic E-state index is 12.9. The highest BCUT2D eigenvalue weighted by molar-refractivity contribution is 6.09. The van der Waals surface area contributed by atoms with Gasteiger partial charge in [-0.25, -0.2) is 14.8 Å². The molecule has 2 aromatic heterocycles. The molecule has 0 spiro atoms. The first-order valence-corrected chi connectivity index (χ1v) is 16.1. The first-order valence-electron chi connectivity index (χ1n) is 16.1. The van der Waals surface area contributed by atoms with Crippen molar-refractivity contribution in [3.05, 3.63) is 53.9 Å². The van der Waals surface area contributed by atoms with E-state index in [1.165, 1.54) is 12.1 Å². The lowest BCUT2D eigenvalue weighted by Gasteiger charge is -2.21. The number of benzene rings is 2. The maximum Gasteiger partial charge on any atom is 0.413 e. The molecule has 5 rings (SSSR count). The Hall–Kier alpha value is -4.91. The number of anilines is 2. The number of carbonyl (C=O) groups is 3. The summed E-state index contributed by atoms with van der Waals surface area (Å²) < 4.78 is 17.7. The van der Waals surface area contributed by atoms with Crippen molar-refractivity contribution in [2.24, 2.45) is 5.73 Å². The Labute approximate surface area is 294 Å². The molecule has 9 N–H and O–H groups in total. The summed E-state index contributed by atoms with van der Waals surface area (Å²) >= 11 is 0. The third-order valence-electron chi connectivity index (χ3n) is 7.10. The van der Waals surface area contributed by atoms with Gasteiger partial charge in [-0.15, -0.1) is 0 Å². The van der Waals surface area contributed by atoms with E-state index < -0.39 is 23.9 Å². The molecule has 2 atom stereocenters. The predicted octanol–water partition coefficient (Wildman–Crippen LogP) is 2.46. The first kappa shape index (κ1) is 40.5. The second-order valence-corrected chi connectivity index (χ2v) is 12.1. The number of aliphatic hydroxyl groups excluding tert-OH is 2. The first-order chi connectivity index (χ1) is 24.3. The molecule has 17 nitrogen and oxygen atoms in total. The fraction of sp³-hybridized carbons (Fsp3) is 0.441. The number of phenols is 1. The number of aromatic hydroxyl groups is 1. The zero-order chi connectivity index (χ0) is 37.6. The van der Waals surface area contributed by atoms with E-state index in [4.69, 9.17) is 45.0 Å². The lowest BCUT2D eigenvalue weighted by Crippen LogP contribution is -2.32. The van der Waals surface area contributed by atoms with Crippen LogP contribution in [0.4, 0.5) is 16.3 Å². The molecule has 278 valence electrons. The molecule has 2 unspecified atom stereocenters. The molecule has 1 aliphatic rings. The average molecular weight is 715 g/mol. The van der Waals surface area contributed by atoms with Crippen LogP contribution in [0.25, 0.3) is 21.9 Å². The van der Waals surface area contributed by atoms with Crippen LogP contribution in [-0.4, -0.2) is 103 Å². The molecule has 51 heavy (non-hydrogen) atoms. The fourth-order valence-corrected chi connectivity index (χ4v) is 5.02. The van der Waals surface area contributed by atoms with Crippen LogP contribution in [0.2, 0.25) is 0 Å². The van der Waals surface area contributed by atoms with E-state index in [9.17, 15) is 19.8 Å². The summed E-state index contributed by atoms with van der Waals surface area (Å²) in [6, 6.07) is 12.0. The highest BCUT2D eigenvalue weighted by atomic mass is 16.5. The molecule has 0 bridgehead atoms. The molecule has 0 saturated carbocycles. The van der Waals surface area contributed by atoms with Gasteiger partial charge >= 0.3 is 6.09 Å². The predicted molar refractivity (Wildman–Crippen MR) is 187 cm³/mol. The molecule has 0 radical (unpaired) electrons. The van der Waals surface area contributed by atoms with Crippen molar-refractivity contribution in [3.8, 4) is 5.75 Å². The number of fused-ring (bicyclic) bond motifs is 3. The number of amides is 2. The number of rotatable bonds is 11. The molecule has 2 amide bonds. The van der Waals surface area contributed by atoms with Crippen LogP contribution in [0.15, 0.2) is 42.5 Å². The Balaban J connectivity index is 0.000000548. The van der Waals surface area contributed by atoms with E-state index in [0.717, 1.165) is 5.39 Å². The number of imidazole rings is 1. The van der Waals surface area contributed by atoms with Crippen LogP contribution in [0.3, 0.4) is 0 Å². The molecule has 1 fully saturated rings. The van der Waals surface area contributed by atoms with Crippen molar-refractivity contribution >= 4 is 51.9 Å². The van der Waals surface area contributed by atoms with Crippen molar-refractivity contribution < 1.29 is 54.1 Å². The fourth-order valence-electron chi connectivity index (χ4n) is 5.02. The molecular formula is C34H46N6O11. The monoisotopic (exact) mass is 714 g/mol. The van der Waals surface area contributed by atoms with Gasteiger partial charge < -0.3 is 55.4 Å². The van der Waals surface area contributed by atoms with E-state index in [1.54, 1.807) is 19.9 Å². The number of carbonyl (C=O) groups excluding carboxylic acids is 2. The van der Waals surface area contributed by atoms with Crippen molar-refractivity contribution in [3.63, 3.8) is 0 Å². The van der Waals surface area contributed by atoms with Crippen LogP contribution in [0.1, 0.15) is 45.0 Å². The number of nitrogens with two attached hydrogens (primary N) is 1. The number of para-hydroxylation sites is 1. The zero-order valence-corrected chi connectivity index (χ0v) is 28.7. The van der Waals surface area contributed by atoms with Gasteiger partial charge in [0.1, 0.15) is 30.3 Å². The van der Waals surface area contributed by atoms with Crippen molar-refractivity contribution in [1.29, 1.82) is 0 Å². The number of pyridine rings is 1. The molecule has 4 aromatic rings. The third kappa shape index (κ3) is 12.4. The Morgan fingerprint density at radius 3 is 2.39 bits per heavy atom. The van der Waals surface area contributed by atoms with Gasteiger partial charge in [0.25, 0.3) is 6.47 Å². The van der Waals surface area contributed by atoms with Gasteiger partial charge in [0, 0.05) is 31.4 Å². The van der Waals surface area contributed by atoms with Crippen molar-refractivity contribution in [2.75, 3.05) is 37.0 Å². The van der Waals surface area contributed by atoms with Crippen molar-refractivity contribution in [2.45, 2.75) is 71.2 Å². The summed E-state index contributed by atoms with van der Waals surface area (Å²) in [6.07, 6.45) is -1.13. The second-order valence-electron chi connectivity index (χ2n) is 12.1. The van der Waals surface area contributed by atoms with Crippen LogP contribution in [0, 0.1) is 0 Å². The number of nitrogens with zero attached hydrogens (tertiary/aromatic N) is 3. The van der Waals surface area contributed by atoms with Crippen molar-refractivity contribution in [1.82, 2.24) is 14.5 Å². The highest BCUT2D eigenvalue weighted by Gasteiger charge is 2.24. The highest BCUT2D eigenvalue weighted by Crippen LogP contribution is 2.32. The number of carboxylic acid groups (broad SMARTS) is 1. The summed E-state index contributed by atoms with van der Waals surface area (Å²) in [4.78, 5) is 42.5. The molecule has 1 aliphatic heterocycles. The minimum Gasteiger partial charge on any atom is -0.506 e. The smallest absolute Gasteiger partial charge is 0.413 e. The molecule has 1 saturated heterocycles. The minimum absolute atomic E-state index is 0.105. The van der Waals surface area contributed by atoms with Crippen LogP contribution < -0.4 is 16.4 Å². The second kappa shape index (κ2) is 19.5. The number of phenolic OH excluding ortho intramolecular Hbond substituents is 1. The van der Waals surface area contributed by atoms with Crippen LogP contribution in [-0.2, 0) is 43.6 Å². The largest absolute Gasteiger partial charge is 0.506 e. The van der Waals surface area contributed by atoms with Gasteiger partial charge in [-0.1, -0.05) is 24.3 Å². The molecular weight excluding hydrogens is 668 g/mol. The van der Waals surface area contributed by atoms with Gasteiger partial charge in [0.15, 0.2) is 5.82 Å². The summed E-state index contributed by atoms with van der Waals surface area (Å²) in [5, 5.41) is 51.3. The molecule has 0 aliphatic carbocycles. The number of aromatic nitrogens is 3. The number of aliphatic hydroxyl groups is 3. The molecule has 2 aromatic carbocycles. The Morgan fingerprint density at radius 1 is 1.10 bits per heavy atom. The molecule has 17 heteroatoms. The van der Waals surface area contributed by atoms with Gasteiger partial charge in [0.05, 0.1) is 54.3 Å². The topological polar surface area (TPSA) is 261 Å². The van der Waals surface area contributed by atoms with E-state index >= 15 is 0 Å². The lowest BCUT2D eigenvalue weighted by molar-refractivity contribution is -0.123. The number of hydrogen-bond acceptors (Lipinski definition) is 13. The van der Waals surface area contributed by atoms with E-state index in [2.05, 4.69) is 15.6 Å². The third-order valence-corrected chi connectivity index (χ3v) is 7.10. The molecule has 3 heterocycles. The zero-order valence-electron chi connectivity index (χ0n) is 28.7. The summed E-state index contributed by atoms with van der Waals surface area (Å²) in [6.45, 7) is 6.78. The lowest BCUT2D eigenvalue weighted by atomic mass is 10.1. The van der Waals surface area contributed by atoms with Crippen LogP contribution in [0.5, 0.6) is 5.75 Å². The van der Waals surface area contributed by atoms with E-state index in [1.807, 2.05) is 35.8 Å². The van der Waals surface area contributed by atoms with E-state index in [-0.39, 0.29) is 62.4 Å². The Bertz CT molecular complexity index is 1750. The Morgan fingerprint density at radius 2 is 1.78 bits per heavy atom. The van der Waals surface area contributed by atoms with E-state index in [0.29, 0.717) is 54.2 Å². The summed E-state index contributed by atoms with van der Waals surface area (Å²) in [5.74, 6) is 0.326. The van der Waals surface area contributed by atoms with Gasteiger partial charge in [0.2, 0.25) is 5.91 Å². The normalized spacial score (nSPS) is 15.6. The van der Waals surface area contributed by atoms with Gasteiger partial charge in [-0.3, -0.25) is 14.9 Å². The summed E-state index contributed by atoms with van der Waals surface area (Å²) in [7, 11) is 0. The van der Waals surface area contributed by atoms with Gasteiger partial charge in [-0.2, -0.15) is 0 Å². The van der Waals surface area contributed by atoms with Gasteiger partial charge in [-0.05, 0) is 44.5 Å². The standard InChI is InChI=1S/C28H34N6O6.C5H10O3.CH2O2/c1-4-39-15-22-32-24-25(34(22)16-28(2,3)38)18-7-5-6-8-19(18)31-26(24)33-27(37)40-14-17-9-10-21(35)20(13-17)30-23(36)11-12-29;6-4-1-5(7)3-8-2-4;2-1-3/h5-10,13,35,38H,4,11-12,14-16,29H2,1-3H3,(H,30,36)(H,31,33,37);4-7H,1-3H2;1H,(H,2,3).